The molecule has 3 amide bonds. The molecule has 33 nitrogen and oxygen atoms in total. The Labute approximate surface area is 822 Å². The summed E-state index contributed by atoms with van der Waals surface area (Å²) in [5, 5.41) is 81.0. The number of nitrogens with zero attached hydrogens (tertiary/aromatic N) is 3. The van der Waals surface area contributed by atoms with Crippen molar-refractivity contribution >= 4 is 53.0 Å². The van der Waals surface area contributed by atoms with E-state index in [2.05, 4.69) is 31.9 Å². The van der Waals surface area contributed by atoms with Crippen LogP contribution in [0.2, 0.25) is 0 Å². The molecule has 12 aromatic carbocycles. The number of benzene rings is 12. The van der Waals surface area contributed by atoms with Crippen LogP contribution in [0.15, 0.2) is 251 Å². The van der Waals surface area contributed by atoms with Gasteiger partial charge in [-0.15, -0.1) is 0 Å². The summed E-state index contributed by atoms with van der Waals surface area (Å²) in [7, 11) is 0. The van der Waals surface area contributed by atoms with E-state index in [1.54, 1.807) is 91.0 Å². The van der Waals surface area contributed by atoms with Crippen molar-refractivity contribution in [3.63, 3.8) is 0 Å². The molecule has 732 valence electrons. The number of nitrogens with one attached hydrogen (secondary N) is 6. The molecule has 7 heterocycles. The van der Waals surface area contributed by atoms with Crippen LogP contribution in [-0.2, 0) is 31.0 Å². The number of ether oxygens (including phenoxy) is 6. The predicted octanol–water partition coefficient (Wildman–Crippen LogP) is 14.5. The number of fused-ring (bicyclic) bond motifs is 18. The van der Waals surface area contributed by atoms with Crippen LogP contribution < -0.4 is 63.2 Å². The molecule has 19 rings (SSSR count). The number of esters is 3. The standard InChI is InChI=1S/C111H99N9O24/c121-73-28-37-82-94(58-73)139-95-59-74(122)29-38-83(95)109(82)88-55-67(19-34-79(88)103(133)142-109)100(130)115-49-10-4-1-7-46-112-52-43-91(127)64-13-22-70(23-14-64)118-106(136)119(71-24-15-65(16-25-71)92(128)44-53-113-47-8-2-5-11-50-116-101(131)68-20-35-80-89(56-68)110(143-104(80)134)84-39-30-75(123)60-96(84)140-97-61-76(124)31-40-85(97)110)108(138)120(107(118)137)72-26-17-66(18-27-72)93(129)45-54-114-48-9-3-6-12-51-117-102(132)69-21-36-81-90(57-69)111(144-105(81)135)86-41-32-77(125)62-98(86)141-99-63-78(126)33-42-87(99)111/h13-42,55-63,112-114,121-126H,1-12,43-54H2,(H,115,130)(H,116,131)(H,117,132). The average molecular weight is 1940 g/mol. The predicted molar refractivity (Wildman–Crippen MR) is 525 cm³/mol. The largest absolute Gasteiger partial charge is 0.508 e. The van der Waals surface area contributed by atoms with Crippen LogP contribution >= 0.6 is 0 Å². The van der Waals surface area contributed by atoms with E-state index >= 15 is 0 Å². The van der Waals surface area contributed by atoms with Gasteiger partial charge in [0.2, 0.25) is 0 Å². The average Bonchev–Trinajstić information content (AvgIpc) is 1.52. The van der Waals surface area contributed by atoms with Gasteiger partial charge in [0, 0.05) is 178 Å². The lowest BCUT2D eigenvalue weighted by atomic mass is 9.77. The third-order valence-corrected chi connectivity index (χ3v) is 26.9. The van der Waals surface area contributed by atoms with Crippen LogP contribution in [0.4, 0.5) is 0 Å². The minimum absolute atomic E-state index is 0.0285. The normalized spacial score (nSPS) is 13.9. The number of Topliss-reactive ketones (excluding diaryl/α,β-unsaturated/α-hetero) is 3. The van der Waals surface area contributed by atoms with Gasteiger partial charge < -0.3 is 91.0 Å². The van der Waals surface area contributed by atoms with Crippen LogP contribution in [0.1, 0.15) is 240 Å². The summed E-state index contributed by atoms with van der Waals surface area (Å²) in [5.74, 6) is -2.85. The molecule has 0 bridgehead atoms. The zero-order chi connectivity index (χ0) is 100. The molecule has 6 aliphatic rings. The van der Waals surface area contributed by atoms with Crippen LogP contribution in [0, 0.1) is 0 Å². The van der Waals surface area contributed by atoms with Crippen molar-refractivity contribution in [2.45, 2.75) is 113 Å². The van der Waals surface area contributed by atoms with E-state index in [9.17, 15) is 88.2 Å². The molecular weight excluding hydrogens is 1840 g/mol. The molecule has 144 heavy (non-hydrogen) atoms. The highest BCUT2D eigenvalue weighted by Gasteiger charge is 2.57. The Morgan fingerprint density at radius 2 is 0.451 bits per heavy atom. The van der Waals surface area contributed by atoms with E-state index in [1.165, 1.54) is 146 Å². The number of rotatable bonds is 39. The van der Waals surface area contributed by atoms with E-state index < -0.39 is 51.8 Å². The molecule has 0 atom stereocenters. The summed E-state index contributed by atoms with van der Waals surface area (Å²) in [6, 6.07) is 58.3. The van der Waals surface area contributed by atoms with E-state index in [0.717, 1.165) is 71.5 Å². The Bertz CT molecular complexity index is 6670. The maximum Gasteiger partial charge on any atom is 0.345 e. The second-order valence-electron chi connectivity index (χ2n) is 36.2. The Morgan fingerprint density at radius 1 is 0.236 bits per heavy atom. The van der Waals surface area contributed by atoms with Crippen molar-refractivity contribution < 1.29 is 102 Å². The van der Waals surface area contributed by atoms with Crippen LogP contribution in [0.25, 0.3) is 17.1 Å². The van der Waals surface area contributed by atoms with Gasteiger partial charge in [0.05, 0.1) is 33.8 Å². The van der Waals surface area contributed by atoms with Gasteiger partial charge in [-0.1, -0.05) is 38.5 Å². The summed E-state index contributed by atoms with van der Waals surface area (Å²) >= 11 is 0. The highest BCUT2D eigenvalue weighted by Crippen LogP contribution is 2.61. The monoisotopic (exact) mass is 1940 g/mol. The van der Waals surface area contributed by atoms with Gasteiger partial charge in [-0.25, -0.2) is 42.5 Å². The third-order valence-electron chi connectivity index (χ3n) is 26.9. The summed E-state index contributed by atoms with van der Waals surface area (Å²) in [6.07, 6.45) is 9.45. The zero-order valence-corrected chi connectivity index (χ0v) is 77.9. The molecule has 0 saturated carbocycles. The number of carbonyl (C=O) groups excluding carboxylic acids is 9. The molecule has 1 aromatic heterocycles. The molecule has 0 fully saturated rings. The van der Waals surface area contributed by atoms with Gasteiger partial charge in [-0.3, -0.25) is 28.8 Å². The molecule has 33 heteroatoms. The Hall–Kier alpha value is -17.0. The number of aromatic nitrogens is 3. The minimum Gasteiger partial charge on any atom is -0.508 e. The van der Waals surface area contributed by atoms with E-state index in [-0.39, 0.29) is 157 Å². The molecule has 3 spiro atoms. The van der Waals surface area contributed by atoms with E-state index in [0.29, 0.717) is 162 Å². The fraction of sp³-hybridized carbons (Fsp3) is 0.243. The summed E-state index contributed by atoms with van der Waals surface area (Å²) in [5.41, 5.74) is -1.32. The topological polar surface area (TPSA) is 469 Å². The van der Waals surface area contributed by atoms with Crippen molar-refractivity contribution in [3.8, 4) is 86.1 Å². The molecule has 0 radical (unpaired) electrons. The zero-order valence-electron chi connectivity index (χ0n) is 77.9. The maximum atomic E-state index is 14.9. The van der Waals surface area contributed by atoms with Gasteiger partial charge in [0.15, 0.2) is 34.2 Å². The third kappa shape index (κ3) is 18.5. The first-order valence-electron chi connectivity index (χ1n) is 47.9. The molecule has 0 aliphatic carbocycles. The number of hydrogen-bond donors (Lipinski definition) is 12. The second-order valence-corrected chi connectivity index (χ2v) is 36.2. The van der Waals surface area contributed by atoms with E-state index in [4.69, 9.17) is 28.4 Å². The van der Waals surface area contributed by atoms with Crippen molar-refractivity contribution in [2.24, 2.45) is 0 Å². The highest BCUT2D eigenvalue weighted by molar-refractivity contribution is 6.04. The highest BCUT2D eigenvalue weighted by atomic mass is 16.6. The van der Waals surface area contributed by atoms with Gasteiger partial charge in [-0.2, -0.15) is 0 Å². The summed E-state index contributed by atoms with van der Waals surface area (Å²) in [4.78, 5) is 167. The first kappa shape index (κ1) is 95.9. The number of phenolic OH excluding ortho intramolecular Hbond substituents is 6. The number of aromatic hydroxyl groups is 6. The molecule has 6 aliphatic heterocycles. The van der Waals surface area contributed by atoms with Gasteiger partial charge in [0.25, 0.3) is 17.7 Å². The summed E-state index contributed by atoms with van der Waals surface area (Å²) in [6.45, 7) is 3.93. The number of unbranched alkanes of at least 4 members (excludes halogenated alkanes) is 9. The molecule has 12 N–H and O–H groups in total. The lowest BCUT2D eigenvalue weighted by Crippen LogP contribution is -2.52. The van der Waals surface area contributed by atoms with Crippen LogP contribution in [0.5, 0.6) is 69.0 Å². The lowest BCUT2D eigenvalue weighted by Gasteiger charge is -2.36. The number of amides is 3. The Kier molecular flexibility index (Phi) is 27.1. The Balaban J connectivity index is 0.446. The molecule has 0 unspecified atom stereocenters. The maximum absolute atomic E-state index is 14.9. The first-order valence-corrected chi connectivity index (χ1v) is 47.9. The lowest BCUT2D eigenvalue weighted by molar-refractivity contribution is 0.0214. The van der Waals surface area contributed by atoms with Crippen molar-refractivity contribution in [3.05, 3.63) is 368 Å². The van der Waals surface area contributed by atoms with Crippen molar-refractivity contribution in [1.29, 1.82) is 0 Å². The SMILES string of the molecule is O=C(CCNCCCCCCNC(=O)c1ccc2c(c1)C1(OC2=O)c2ccc(O)cc2Oc2cc(O)ccc21)c1ccc(-n2c(=O)n(-c3ccc(C(=O)CCNCCCCCCNC(=O)c4ccc5c(c4)C4(OC5=O)c5ccc(O)cc5Oc5cc(O)ccc54)cc3)c(=O)n(-c3ccc(C(=O)CCNCCCCCCNC(=O)c4ccc5c(c4)C4(OC5=O)c5ccc(O)cc5Oc5cc(O)ccc54)cc3)c2=O)cc1. The van der Waals surface area contributed by atoms with Crippen molar-refractivity contribution in [2.75, 3.05) is 58.9 Å². The van der Waals surface area contributed by atoms with Gasteiger partial charge >= 0.3 is 35.0 Å². The fourth-order valence-corrected chi connectivity index (χ4v) is 19.6. The summed E-state index contributed by atoms with van der Waals surface area (Å²) < 4.78 is 39.1. The number of carbonyl (C=O) groups is 9. The smallest absolute Gasteiger partial charge is 0.345 e. The van der Waals surface area contributed by atoms with E-state index in [1.807, 2.05) is 0 Å². The fourth-order valence-electron chi connectivity index (χ4n) is 19.6. The second kappa shape index (κ2) is 40.7. The molecule has 0 saturated heterocycles. The number of phenols is 6. The number of ketones is 3. The Morgan fingerprint density at radius 3 is 0.681 bits per heavy atom. The van der Waals surface area contributed by atoms with Crippen molar-refractivity contribution in [1.82, 2.24) is 45.6 Å². The number of hydrogen-bond acceptors (Lipinski definition) is 27. The van der Waals surface area contributed by atoms with Crippen LogP contribution in [-0.4, -0.2) is 156 Å². The molecule has 13 aromatic rings. The van der Waals surface area contributed by atoms with Gasteiger partial charge in [0.1, 0.15) is 69.0 Å². The minimum atomic E-state index is -1.53. The first-order chi connectivity index (χ1) is 69.8. The molecular formula is C111H99N9O24. The van der Waals surface area contributed by atoms with Gasteiger partial charge in [-0.05, 0) is 258 Å². The van der Waals surface area contributed by atoms with Crippen LogP contribution in [0.3, 0.4) is 0 Å². The quantitative estimate of drug-likeness (QED) is 0.00737.